The van der Waals surface area contributed by atoms with E-state index in [9.17, 15) is 9.18 Å². The Bertz CT molecular complexity index is 565. The van der Waals surface area contributed by atoms with Gasteiger partial charge in [-0.05, 0) is 37.0 Å². The Morgan fingerprint density at radius 2 is 2.00 bits per heavy atom. The summed E-state index contributed by atoms with van der Waals surface area (Å²) in [5.74, 6) is -0.551. The van der Waals surface area contributed by atoms with Gasteiger partial charge in [-0.2, -0.15) is 0 Å². The second-order valence-corrected chi connectivity index (χ2v) is 6.81. The summed E-state index contributed by atoms with van der Waals surface area (Å²) in [5, 5.41) is 3.20. The van der Waals surface area contributed by atoms with Gasteiger partial charge in [0.15, 0.2) is 0 Å². The second-order valence-electron chi connectivity index (χ2n) is 5.99. The first-order valence-electron chi connectivity index (χ1n) is 7.37. The third-order valence-corrected chi connectivity index (χ3v) is 4.61. The van der Waals surface area contributed by atoms with Crippen molar-refractivity contribution < 1.29 is 13.9 Å². The number of ether oxygens (including phenoxy) is 1. The van der Waals surface area contributed by atoms with Crippen LogP contribution in [0.15, 0.2) is 12.1 Å². The Balaban J connectivity index is 2.10. The lowest BCUT2D eigenvalue weighted by Crippen LogP contribution is -2.38. The summed E-state index contributed by atoms with van der Waals surface area (Å²) in [6.07, 6.45) is 0.619. The summed E-state index contributed by atoms with van der Waals surface area (Å²) in [6.45, 7) is 6.43. The molecule has 22 heavy (non-hydrogen) atoms. The number of hydrogen-bond acceptors (Lipinski definition) is 2. The Labute approximate surface area is 140 Å². The lowest BCUT2D eigenvalue weighted by Gasteiger charge is -2.24. The van der Waals surface area contributed by atoms with Crippen molar-refractivity contribution in [3.8, 4) is 0 Å². The number of carbonyl (C=O) groups is 1. The Hall–Kier alpha value is -0.840. The second kappa shape index (κ2) is 7.16. The predicted octanol–water partition coefficient (Wildman–Crippen LogP) is 4.37. The van der Waals surface area contributed by atoms with E-state index in [1.165, 1.54) is 12.1 Å². The SMILES string of the molecule is CC(C)[C@@H]1OCC[C@H]1C(=O)N[C@@H](C)c1cc(F)c(Cl)cc1Cl. The van der Waals surface area contributed by atoms with Crippen LogP contribution in [0.3, 0.4) is 0 Å². The smallest absolute Gasteiger partial charge is 0.226 e. The van der Waals surface area contributed by atoms with Gasteiger partial charge in [-0.15, -0.1) is 0 Å². The molecule has 1 aliphatic rings. The van der Waals surface area contributed by atoms with Crippen LogP contribution < -0.4 is 5.32 Å². The number of carbonyl (C=O) groups excluding carboxylic acids is 1. The molecule has 3 atom stereocenters. The average Bonchev–Trinajstić information content (AvgIpc) is 2.92. The first kappa shape index (κ1) is 17.5. The molecule has 1 fully saturated rings. The predicted molar refractivity (Wildman–Crippen MR) is 85.7 cm³/mol. The maximum Gasteiger partial charge on any atom is 0.226 e. The fourth-order valence-corrected chi connectivity index (χ4v) is 3.36. The molecule has 3 nitrogen and oxygen atoms in total. The van der Waals surface area contributed by atoms with Crippen LogP contribution in [0, 0.1) is 17.7 Å². The van der Waals surface area contributed by atoms with Gasteiger partial charge in [0, 0.05) is 11.6 Å². The van der Waals surface area contributed by atoms with Crippen molar-refractivity contribution in [3.63, 3.8) is 0 Å². The van der Waals surface area contributed by atoms with Crippen LogP contribution in [-0.2, 0) is 9.53 Å². The highest BCUT2D eigenvalue weighted by atomic mass is 35.5. The van der Waals surface area contributed by atoms with Gasteiger partial charge in [0.25, 0.3) is 0 Å². The first-order chi connectivity index (χ1) is 10.3. The molecule has 0 aliphatic carbocycles. The van der Waals surface area contributed by atoms with Crippen LogP contribution in [0.1, 0.15) is 38.8 Å². The van der Waals surface area contributed by atoms with Crippen LogP contribution in [0.2, 0.25) is 10.0 Å². The first-order valence-corrected chi connectivity index (χ1v) is 8.13. The summed E-state index contributed by atoms with van der Waals surface area (Å²) >= 11 is 11.8. The minimum Gasteiger partial charge on any atom is -0.377 e. The van der Waals surface area contributed by atoms with Gasteiger partial charge in [-0.25, -0.2) is 4.39 Å². The zero-order valence-corrected chi connectivity index (χ0v) is 14.3. The van der Waals surface area contributed by atoms with E-state index in [-0.39, 0.29) is 28.9 Å². The molecule has 122 valence electrons. The minimum absolute atomic E-state index is 0.0312. The van der Waals surface area contributed by atoms with Crippen molar-refractivity contribution in [3.05, 3.63) is 33.6 Å². The highest BCUT2D eigenvalue weighted by Gasteiger charge is 2.36. The molecule has 2 rings (SSSR count). The summed E-state index contributed by atoms with van der Waals surface area (Å²) < 4.78 is 19.2. The molecule has 1 amide bonds. The molecule has 1 saturated heterocycles. The summed E-state index contributed by atoms with van der Waals surface area (Å²) in [6, 6.07) is 2.22. The molecular formula is C16H20Cl2FNO2. The van der Waals surface area contributed by atoms with Crippen LogP contribution in [-0.4, -0.2) is 18.6 Å². The van der Waals surface area contributed by atoms with E-state index in [0.717, 1.165) is 0 Å². The molecule has 0 aromatic heterocycles. The maximum absolute atomic E-state index is 13.6. The summed E-state index contributed by atoms with van der Waals surface area (Å²) in [5.41, 5.74) is 0.511. The Morgan fingerprint density at radius 1 is 1.32 bits per heavy atom. The summed E-state index contributed by atoms with van der Waals surface area (Å²) in [7, 11) is 0. The van der Waals surface area contributed by atoms with Gasteiger partial charge in [-0.3, -0.25) is 4.79 Å². The van der Waals surface area contributed by atoms with E-state index in [1.807, 2.05) is 13.8 Å². The van der Waals surface area contributed by atoms with Crippen LogP contribution in [0.5, 0.6) is 0 Å². The number of benzene rings is 1. The fourth-order valence-electron chi connectivity index (χ4n) is 2.82. The van der Waals surface area contributed by atoms with Gasteiger partial charge in [0.05, 0.1) is 23.1 Å². The molecule has 0 saturated carbocycles. The van der Waals surface area contributed by atoms with Gasteiger partial charge in [0.1, 0.15) is 5.82 Å². The number of nitrogens with one attached hydrogen (secondary N) is 1. The zero-order chi connectivity index (χ0) is 16.4. The van der Waals surface area contributed by atoms with E-state index >= 15 is 0 Å². The van der Waals surface area contributed by atoms with Crippen LogP contribution in [0.4, 0.5) is 4.39 Å². The maximum atomic E-state index is 13.6. The standard InChI is InChI=1S/C16H20Cl2FNO2/c1-8(2)15-10(4-5-22-15)16(21)20-9(3)11-6-14(19)13(18)7-12(11)17/h6-10,15H,4-5H2,1-3H3,(H,20,21)/t9-,10+,15-/m0/s1. The quantitative estimate of drug-likeness (QED) is 0.821. The number of amides is 1. The molecule has 1 aromatic rings. The van der Waals surface area contributed by atoms with Crippen LogP contribution in [0.25, 0.3) is 0 Å². The summed E-state index contributed by atoms with van der Waals surface area (Å²) in [4.78, 5) is 12.5. The number of rotatable bonds is 4. The van der Waals surface area contributed by atoms with Crippen molar-refractivity contribution in [1.29, 1.82) is 0 Å². The fraction of sp³-hybridized carbons (Fsp3) is 0.562. The zero-order valence-electron chi connectivity index (χ0n) is 12.8. The van der Waals surface area contributed by atoms with E-state index in [1.54, 1.807) is 6.92 Å². The minimum atomic E-state index is -0.550. The van der Waals surface area contributed by atoms with Gasteiger partial charge in [0.2, 0.25) is 5.91 Å². The monoisotopic (exact) mass is 347 g/mol. The molecule has 0 bridgehead atoms. The van der Waals surface area contributed by atoms with Crippen molar-refractivity contribution in [2.45, 2.75) is 39.3 Å². The van der Waals surface area contributed by atoms with Gasteiger partial charge >= 0.3 is 0 Å². The molecular weight excluding hydrogens is 328 g/mol. The van der Waals surface area contributed by atoms with Crippen molar-refractivity contribution in [2.75, 3.05) is 6.61 Å². The molecule has 1 N–H and O–H groups in total. The van der Waals surface area contributed by atoms with E-state index < -0.39 is 11.9 Å². The van der Waals surface area contributed by atoms with E-state index in [4.69, 9.17) is 27.9 Å². The van der Waals surface area contributed by atoms with Crippen molar-refractivity contribution in [1.82, 2.24) is 5.32 Å². The average molecular weight is 348 g/mol. The molecule has 0 spiro atoms. The molecule has 1 aliphatic heterocycles. The highest BCUT2D eigenvalue weighted by Crippen LogP contribution is 2.31. The molecule has 6 heteroatoms. The molecule has 1 aromatic carbocycles. The largest absolute Gasteiger partial charge is 0.377 e. The lowest BCUT2D eigenvalue weighted by atomic mass is 9.92. The number of halogens is 3. The third-order valence-electron chi connectivity index (χ3n) is 3.99. The lowest BCUT2D eigenvalue weighted by molar-refractivity contribution is -0.128. The van der Waals surface area contributed by atoms with E-state index in [0.29, 0.717) is 23.6 Å². The molecule has 0 radical (unpaired) electrons. The van der Waals surface area contributed by atoms with E-state index in [2.05, 4.69) is 5.32 Å². The highest BCUT2D eigenvalue weighted by molar-refractivity contribution is 6.35. The topological polar surface area (TPSA) is 38.3 Å². The molecule has 1 heterocycles. The van der Waals surface area contributed by atoms with Crippen molar-refractivity contribution >= 4 is 29.1 Å². The van der Waals surface area contributed by atoms with Gasteiger partial charge < -0.3 is 10.1 Å². The van der Waals surface area contributed by atoms with Gasteiger partial charge in [-0.1, -0.05) is 37.0 Å². The number of hydrogen-bond donors (Lipinski definition) is 1. The Morgan fingerprint density at radius 3 is 2.64 bits per heavy atom. The van der Waals surface area contributed by atoms with Crippen molar-refractivity contribution in [2.24, 2.45) is 11.8 Å². The van der Waals surface area contributed by atoms with Crippen LogP contribution >= 0.6 is 23.2 Å². The normalized spacial score (nSPS) is 22.9. The Kier molecular flexibility index (Phi) is 5.70. The third kappa shape index (κ3) is 3.73. The molecule has 0 unspecified atom stereocenters.